The number of hydrogen-bond donors (Lipinski definition) is 1. The summed E-state index contributed by atoms with van der Waals surface area (Å²) in [6, 6.07) is 6.98. The van der Waals surface area contributed by atoms with Crippen molar-refractivity contribution in [3.05, 3.63) is 35.4 Å². The molecule has 13 heavy (non-hydrogen) atoms. The molecule has 0 unspecified atom stereocenters. The Kier molecular flexibility index (Phi) is 4.06. The fourth-order valence-corrected chi connectivity index (χ4v) is 1.51. The maximum atomic E-state index is 10.4. The lowest BCUT2D eigenvalue weighted by atomic mass is 10.2. The van der Waals surface area contributed by atoms with Gasteiger partial charge in [0.05, 0.1) is 0 Å². The van der Waals surface area contributed by atoms with Crippen LogP contribution in [-0.2, 0) is 15.9 Å². The molecule has 0 aromatic heterocycles. The van der Waals surface area contributed by atoms with E-state index in [0.29, 0.717) is 5.56 Å². The zero-order valence-electron chi connectivity index (χ0n) is 7.19. The maximum absolute atomic E-state index is 10.4. The third kappa shape index (κ3) is 4.62. The minimum absolute atomic E-state index is 0. The molecule has 0 fully saturated rings. The highest BCUT2D eigenvalue weighted by atomic mass is 32.2. The molecule has 0 spiro atoms. The number of benzene rings is 1. The zero-order chi connectivity index (χ0) is 9.19. The van der Waals surface area contributed by atoms with E-state index in [1.807, 2.05) is 6.92 Å². The molecule has 5 heteroatoms. The van der Waals surface area contributed by atoms with Gasteiger partial charge in [0.1, 0.15) is 5.75 Å². The van der Waals surface area contributed by atoms with Gasteiger partial charge in [-0.2, -0.15) is 8.42 Å². The van der Waals surface area contributed by atoms with Gasteiger partial charge in [0.25, 0.3) is 10.1 Å². The summed E-state index contributed by atoms with van der Waals surface area (Å²) in [5.74, 6) is -0.312. The van der Waals surface area contributed by atoms with Crippen molar-refractivity contribution >= 4 is 10.1 Å². The molecule has 0 heterocycles. The van der Waals surface area contributed by atoms with Crippen LogP contribution in [0.5, 0.6) is 0 Å². The molecule has 1 aromatic carbocycles. The van der Waals surface area contributed by atoms with Gasteiger partial charge in [0.15, 0.2) is 0 Å². The average molecular weight is 204 g/mol. The Labute approximate surface area is 77.3 Å². The Morgan fingerprint density at radius 2 is 1.69 bits per heavy atom. The molecule has 0 aliphatic rings. The van der Waals surface area contributed by atoms with Crippen molar-refractivity contribution in [2.75, 3.05) is 0 Å². The normalized spacial score (nSPS) is 10.6. The van der Waals surface area contributed by atoms with E-state index in [1.165, 1.54) is 0 Å². The smallest absolute Gasteiger partial charge is 0.269 e. The van der Waals surface area contributed by atoms with E-state index in [0.717, 1.165) is 5.56 Å². The predicted molar refractivity (Wildman–Crippen MR) is 50.0 cm³/mol. The molecule has 0 aliphatic heterocycles. The molecule has 0 radical (unpaired) electrons. The Morgan fingerprint density at radius 3 is 2.08 bits per heavy atom. The minimum atomic E-state index is -3.89. The van der Waals surface area contributed by atoms with Crippen LogP contribution in [0.3, 0.4) is 0 Å². The Morgan fingerprint density at radius 1 is 1.23 bits per heavy atom. The van der Waals surface area contributed by atoms with Crippen molar-refractivity contribution in [3.63, 3.8) is 0 Å². The fraction of sp³-hybridized carbons (Fsp3) is 0.250. The Balaban J connectivity index is 0.00000144. The van der Waals surface area contributed by atoms with Gasteiger partial charge in [0.2, 0.25) is 0 Å². The summed E-state index contributed by atoms with van der Waals surface area (Å²) in [5.41, 5.74) is 1.66. The predicted octanol–water partition coefficient (Wildman–Crippen LogP) is 0.558. The summed E-state index contributed by atoms with van der Waals surface area (Å²) in [6.45, 7) is 1.91. The van der Waals surface area contributed by atoms with Gasteiger partial charge < -0.3 is 5.48 Å². The van der Waals surface area contributed by atoms with Gasteiger partial charge in [-0.15, -0.1) is 0 Å². The van der Waals surface area contributed by atoms with Gasteiger partial charge in [-0.25, -0.2) is 0 Å². The zero-order valence-corrected chi connectivity index (χ0v) is 8.00. The molecule has 74 valence electrons. The summed E-state index contributed by atoms with van der Waals surface area (Å²) >= 11 is 0. The van der Waals surface area contributed by atoms with Crippen molar-refractivity contribution in [1.29, 1.82) is 0 Å². The molecule has 0 atom stereocenters. The van der Waals surface area contributed by atoms with E-state index >= 15 is 0 Å². The second-order valence-electron chi connectivity index (χ2n) is 2.71. The van der Waals surface area contributed by atoms with Crippen LogP contribution in [0, 0.1) is 6.92 Å². The highest BCUT2D eigenvalue weighted by Crippen LogP contribution is 2.06. The van der Waals surface area contributed by atoms with Gasteiger partial charge in [0, 0.05) is 0 Å². The first kappa shape index (κ1) is 12.1. The molecule has 0 bridgehead atoms. The van der Waals surface area contributed by atoms with Crippen molar-refractivity contribution in [3.8, 4) is 0 Å². The van der Waals surface area contributed by atoms with Gasteiger partial charge in [-0.05, 0) is 12.5 Å². The van der Waals surface area contributed by atoms with Gasteiger partial charge in [-0.3, -0.25) is 4.55 Å². The molecule has 1 rings (SSSR count). The van der Waals surface area contributed by atoms with Crippen LogP contribution in [0.2, 0.25) is 0 Å². The second-order valence-corrected chi connectivity index (χ2v) is 4.16. The van der Waals surface area contributed by atoms with Crippen molar-refractivity contribution in [2.24, 2.45) is 0 Å². The van der Waals surface area contributed by atoms with E-state index in [9.17, 15) is 8.42 Å². The van der Waals surface area contributed by atoms with Crippen molar-refractivity contribution < 1.29 is 18.4 Å². The number of aryl methyl sites for hydroxylation is 1. The minimum Gasteiger partial charge on any atom is -0.412 e. The summed E-state index contributed by atoms with van der Waals surface area (Å²) in [7, 11) is -3.89. The highest BCUT2D eigenvalue weighted by Gasteiger charge is 2.04. The first-order valence-corrected chi connectivity index (χ1v) is 5.09. The van der Waals surface area contributed by atoms with E-state index in [1.54, 1.807) is 24.3 Å². The third-order valence-electron chi connectivity index (χ3n) is 1.47. The summed E-state index contributed by atoms with van der Waals surface area (Å²) in [6.07, 6.45) is 0. The quantitative estimate of drug-likeness (QED) is 0.714. The Bertz CT molecular complexity index is 352. The van der Waals surface area contributed by atoms with Crippen LogP contribution in [0.25, 0.3) is 0 Å². The lowest BCUT2D eigenvalue weighted by molar-refractivity contribution is 0.482. The molecule has 0 aliphatic carbocycles. The molecule has 0 amide bonds. The largest absolute Gasteiger partial charge is 0.412 e. The summed E-state index contributed by atoms with van der Waals surface area (Å²) in [4.78, 5) is 0. The maximum Gasteiger partial charge on any atom is 0.269 e. The van der Waals surface area contributed by atoms with Crippen LogP contribution >= 0.6 is 0 Å². The average Bonchev–Trinajstić information content (AvgIpc) is 1.91. The molecular weight excluding hydrogens is 192 g/mol. The fourth-order valence-electron chi connectivity index (χ4n) is 0.895. The summed E-state index contributed by atoms with van der Waals surface area (Å²) < 4.78 is 29.4. The molecule has 0 saturated heterocycles. The van der Waals surface area contributed by atoms with Gasteiger partial charge >= 0.3 is 0 Å². The van der Waals surface area contributed by atoms with Crippen LogP contribution in [-0.4, -0.2) is 18.4 Å². The molecule has 0 saturated carbocycles. The van der Waals surface area contributed by atoms with Crippen molar-refractivity contribution in [2.45, 2.75) is 12.7 Å². The Hall–Kier alpha value is -0.910. The van der Waals surface area contributed by atoms with E-state index in [2.05, 4.69) is 0 Å². The first-order valence-electron chi connectivity index (χ1n) is 3.48. The topological polar surface area (TPSA) is 85.9 Å². The second kappa shape index (κ2) is 4.36. The van der Waals surface area contributed by atoms with E-state index in [-0.39, 0.29) is 11.2 Å². The van der Waals surface area contributed by atoms with Crippen LogP contribution in [0.15, 0.2) is 24.3 Å². The highest BCUT2D eigenvalue weighted by molar-refractivity contribution is 7.85. The standard InChI is InChI=1S/C8H10O3S.H2O/c1-7-2-4-8(5-3-7)6-12(9,10)11;/h2-5H,6H2,1H3,(H,9,10,11);1H2. The van der Waals surface area contributed by atoms with Crippen LogP contribution in [0.1, 0.15) is 11.1 Å². The third-order valence-corrected chi connectivity index (χ3v) is 2.17. The first-order chi connectivity index (χ1) is 5.47. The van der Waals surface area contributed by atoms with Crippen LogP contribution < -0.4 is 0 Å². The van der Waals surface area contributed by atoms with E-state index in [4.69, 9.17) is 4.55 Å². The lowest BCUT2D eigenvalue weighted by Gasteiger charge is -1.97. The van der Waals surface area contributed by atoms with Crippen molar-refractivity contribution in [1.82, 2.24) is 0 Å². The summed E-state index contributed by atoms with van der Waals surface area (Å²) in [5, 5.41) is 0. The number of hydrogen-bond acceptors (Lipinski definition) is 2. The molecular formula is C8H12O4S. The van der Waals surface area contributed by atoms with Gasteiger partial charge in [-0.1, -0.05) is 29.8 Å². The lowest BCUT2D eigenvalue weighted by Crippen LogP contribution is -2.01. The SMILES string of the molecule is Cc1ccc(CS(=O)(=O)O)cc1.O. The monoisotopic (exact) mass is 204 g/mol. The van der Waals surface area contributed by atoms with E-state index < -0.39 is 10.1 Å². The molecule has 4 nitrogen and oxygen atoms in total. The van der Waals surface area contributed by atoms with Crippen LogP contribution in [0.4, 0.5) is 0 Å². The molecule has 1 aromatic rings. The number of rotatable bonds is 2. The molecule has 3 N–H and O–H groups in total.